The Morgan fingerprint density at radius 2 is 2.12 bits per heavy atom. The molecule has 2 aromatic rings. The average molecular weight is 368 g/mol. The minimum absolute atomic E-state index is 0.161. The highest BCUT2D eigenvalue weighted by atomic mass is 32.2. The smallest absolute Gasteiger partial charge is 0.264 e. The predicted octanol–water partition coefficient (Wildman–Crippen LogP) is 3.62. The van der Waals surface area contributed by atoms with E-state index in [1.807, 2.05) is 43.3 Å². The number of hydrogen-bond acceptors (Lipinski definition) is 6. The van der Waals surface area contributed by atoms with Crippen LogP contribution < -0.4 is 19.5 Å². The fourth-order valence-electron chi connectivity index (χ4n) is 2.66. The van der Waals surface area contributed by atoms with Gasteiger partial charge in [-0.15, -0.1) is 0 Å². The van der Waals surface area contributed by atoms with Crippen LogP contribution in [0.4, 0.5) is 5.69 Å². The van der Waals surface area contributed by atoms with Crippen LogP contribution in [0.15, 0.2) is 46.3 Å². The number of amidine groups is 1. The van der Waals surface area contributed by atoms with E-state index in [0.717, 1.165) is 16.8 Å². The number of aryl methyl sites for hydroxylation is 1. The van der Waals surface area contributed by atoms with Gasteiger partial charge >= 0.3 is 0 Å². The highest BCUT2D eigenvalue weighted by Crippen LogP contribution is 2.42. The second kappa shape index (κ2) is 6.76. The summed E-state index contributed by atoms with van der Waals surface area (Å²) in [5.41, 5.74) is 2.68. The molecule has 0 aliphatic carbocycles. The van der Waals surface area contributed by atoms with E-state index in [4.69, 9.17) is 14.2 Å². The van der Waals surface area contributed by atoms with Gasteiger partial charge in [-0.3, -0.25) is 4.79 Å². The van der Waals surface area contributed by atoms with Gasteiger partial charge in [-0.05, 0) is 54.1 Å². The van der Waals surface area contributed by atoms with E-state index < -0.39 is 0 Å². The lowest BCUT2D eigenvalue weighted by Crippen LogP contribution is -2.19. The van der Waals surface area contributed by atoms with Crippen LogP contribution in [0.2, 0.25) is 0 Å². The summed E-state index contributed by atoms with van der Waals surface area (Å²) >= 11 is 1.30. The second-order valence-corrected chi connectivity index (χ2v) is 6.76. The van der Waals surface area contributed by atoms with Crippen LogP contribution in [0.1, 0.15) is 11.1 Å². The maximum atomic E-state index is 12.3. The molecular weight excluding hydrogens is 352 g/mol. The van der Waals surface area contributed by atoms with Crippen LogP contribution in [0.25, 0.3) is 6.08 Å². The molecule has 4 rings (SSSR count). The molecule has 0 spiro atoms. The molecule has 26 heavy (non-hydrogen) atoms. The highest BCUT2D eigenvalue weighted by Gasteiger charge is 2.25. The maximum absolute atomic E-state index is 12.3. The van der Waals surface area contributed by atoms with Crippen molar-refractivity contribution in [2.45, 2.75) is 6.92 Å². The molecule has 2 aromatic carbocycles. The monoisotopic (exact) mass is 368 g/mol. The van der Waals surface area contributed by atoms with Crippen molar-refractivity contribution in [3.63, 3.8) is 0 Å². The number of fused-ring (bicyclic) bond motifs is 1. The molecule has 132 valence electrons. The first-order valence-corrected chi connectivity index (χ1v) is 8.78. The molecule has 2 heterocycles. The quantitative estimate of drug-likeness (QED) is 0.838. The molecule has 0 radical (unpaired) electrons. The predicted molar refractivity (Wildman–Crippen MR) is 101 cm³/mol. The first-order valence-electron chi connectivity index (χ1n) is 7.97. The highest BCUT2D eigenvalue weighted by molar-refractivity contribution is 8.18. The van der Waals surface area contributed by atoms with Crippen molar-refractivity contribution in [1.29, 1.82) is 0 Å². The summed E-state index contributed by atoms with van der Waals surface area (Å²) in [6.45, 7) is 2.14. The number of nitrogens with one attached hydrogen (secondary N) is 1. The molecule has 0 aromatic heterocycles. The third kappa shape index (κ3) is 3.13. The first kappa shape index (κ1) is 16.5. The number of thioether (sulfide) groups is 1. The van der Waals surface area contributed by atoms with Crippen LogP contribution >= 0.6 is 11.8 Å². The number of ether oxygens (including phenoxy) is 3. The number of para-hydroxylation sites is 1. The van der Waals surface area contributed by atoms with Crippen molar-refractivity contribution >= 4 is 34.6 Å². The normalized spacial score (nSPS) is 18.5. The molecule has 0 bridgehead atoms. The Balaban J connectivity index is 1.63. The van der Waals surface area contributed by atoms with Gasteiger partial charge < -0.3 is 19.5 Å². The third-order valence-electron chi connectivity index (χ3n) is 3.97. The van der Waals surface area contributed by atoms with E-state index >= 15 is 0 Å². The van der Waals surface area contributed by atoms with Crippen molar-refractivity contribution in [2.24, 2.45) is 4.99 Å². The number of nitrogens with zero attached hydrogens (tertiary/aromatic N) is 1. The third-order valence-corrected chi connectivity index (χ3v) is 4.88. The van der Waals surface area contributed by atoms with Crippen molar-refractivity contribution in [1.82, 2.24) is 5.32 Å². The van der Waals surface area contributed by atoms with E-state index in [2.05, 4.69) is 10.3 Å². The molecule has 0 atom stereocenters. The van der Waals surface area contributed by atoms with E-state index in [0.29, 0.717) is 27.3 Å². The maximum Gasteiger partial charge on any atom is 0.264 e. The molecular formula is C19H16N2O4S. The van der Waals surface area contributed by atoms with Crippen LogP contribution in [-0.4, -0.2) is 25.0 Å². The number of carbonyl (C=O) groups excluding carboxylic acids is 1. The summed E-state index contributed by atoms with van der Waals surface area (Å²) in [6.07, 6.45) is 1.78. The van der Waals surface area contributed by atoms with Crippen LogP contribution in [0.3, 0.4) is 0 Å². The molecule has 7 heteroatoms. The summed E-state index contributed by atoms with van der Waals surface area (Å²) in [5, 5.41) is 3.36. The molecule has 2 aliphatic rings. The average Bonchev–Trinajstić information content (AvgIpc) is 3.23. The fraction of sp³-hybridized carbons (Fsp3) is 0.158. The summed E-state index contributed by atoms with van der Waals surface area (Å²) in [4.78, 5) is 17.4. The molecule has 0 saturated carbocycles. The van der Waals surface area contributed by atoms with Crippen molar-refractivity contribution in [3.8, 4) is 17.2 Å². The lowest BCUT2D eigenvalue weighted by atomic mass is 10.1. The summed E-state index contributed by atoms with van der Waals surface area (Å²) < 4.78 is 16.2. The zero-order valence-corrected chi connectivity index (χ0v) is 15.1. The van der Waals surface area contributed by atoms with Gasteiger partial charge in [-0.1, -0.05) is 18.2 Å². The van der Waals surface area contributed by atoms with Crippen LogP contribution in [0.5, 0.6) is 17.2 Å². The van der Waals surface area contributed by atoms with Crippen LogP contribution in [-0.2, 0) is 4.79 Å². The van der Waals surface area contributed by atoms with Gasteiger partial charge in [0.1, 0.15) is 0 Å². The minimum Gasteiger partial charge on any atom is -0.493 e. The zero-order valence-electron chi connectivity index (χ0n) is 14.2. The molecule has 6 nitrogen and oxygen atoms in total. The number of carbonyl (C=O) groups is 1. The number of amides is 1. The number of aliphatic imine (C=N–C) groups is 1. The Labute approximate surface area is 154 Å². The van der Waals surface area contributed by atoms with Crippen molar-refractivity contribution < 1.29 is 19.0 Å². The van der Waals surface area contributed by atoms with Gasteiger partial charge in [0.15, 0.2) is 16.7 Å². The minimum atomic E-state index is -0.182. The number of rotatable bonds is 3. The number of benzene rings is 2. The van der Waals surface area contributed by atoms with Gasteiger partial charge in [0.05, 0.1) is 17.7 Å². The number of methoxy groups -OCH3 is 1. The standard InChI is InChI=1S/C19H16N2O4S/c1-11-5-3-4-6-13(11)20-19-21-18(22)16(26-19)9-12-7-14(23-2)17-15(8-12)24-10-25-17/h3-9H,10H2,1-2H3,(H,20,21,22)/b16-9-. The SMILES string of the molecule is COc1cc(/C=C2\SC(=Nc3ccccc3C)NC2=O)cc2c1OCO2. The largest absolute Gasteiger partial charge is 0.493 e. The topological polar surface area (TPSA) is 69.2 Å². The molecule has 1 saturated heterocycles. The van der Waals surface area contributed by atoms with Gasteiger partial charge in [0, 0.05) is 0 Å². The van der Waals surface area contributed by atoms with Crippen LogP contribution in [0, 0.1) is 6.92 Å². The van der Waals surface area contributed by atoms with E-state index in [1.165, 1.54) is 11.8 Å². The molecule has 2 aliphatic heterocycles. The van der Waals surface area contributed by atoms with Gasteiger partial charge in [0.2, 0.25) is 12.5 Å². The Kier molecular flexibility index (Phi) is 4.30. The lowest BCUT2D eigenvalue weighted by Gasteiger charge is -2.06. The Morgan fingerprint density at radius 3 is 2.92 bits per heavy atom. The summed E-state index contributed by atoms with van der Waals surface area (Å²) in [7, 11) is 1.57. The van der Waals surface area contributed by atoms with E-state index in [9.17, 15) is 4.79 Å². The fourth-order valence-corrected chi connectivity index (χ4v) is 3.50. The van der Waals surface area contributed by atoms with Gasteiger partial charge in [-0.25, -0.2) is 4.99 Å². The van der Waals surface area contributed by atoms with Gasteiger partial charge in [0.25, 0.3) is 5.91 Å². The first-order chi connectivity index (χ1) is 12.6. The molecule has 1 fully saturated rings. The zero-order chi connectivity index (χ0) is 18.1. The lowest BCUT2D eigenvalue weighted by molar-refractivity contribution is -0.115. The number of hydrogen-bond donors (Lipinski definition) is 1. The summed E-state index contributed by atoms with van der Waals surface area (Å²) in [5.74, 6) is 1.58. The van der Waals surface area contributed by atoms with Crippen molar-refractivity contribution in [3.05, 3.63) is 52.4 Å². The Hall–Kier alpha value is -2.93. The van der Waals surface area contributed by atoms with Crippen molar-refractivity contribution in [2.75, 3.05) is 13.9 Å². The van der Waals surface area contributed by atoms with E-state index in [1.54, 1.807) is 13.2 Å². The molecule has 1 N–H and O–H groups in total. The van der Waals surface area contributed by atoms with Gasteiger partial charge in [-0.2, -0.15) is 0 Å². The van der Waals surface area contributed by atoms with E-state index in [-0.39, 0.29) is 12.7 Å². The molecule has 0 unspecified atom stereocenters. The Morgan fingerprint density at radius 1 is 1.27 bits per heavy atom. The summed E-state index contributed by atoms with van der Waals surface area (Å²) in [6, 6.07) is 11.4. The second-order valence-electron chi connectivity index (χ2n) is 5.73. The molecule has 1 amide bonds. The Bertz CT molecular complexity index is 953.